The van der Waals surface area contributed by atoms with Crippen LogP contribution in [-0.4, -0.2) is 39.6 Å². The first-order valence-corrected chi connectivity index (χ1v) is 11.8. The van der Waals surface area contributed by atoms with Crippen molar-refractivity contribution in [2.75, 3.05) is 18.4 Å². The van der Waals surface area contributed by atoms with Gasteiger partial charge in [0.2, 0.25) is 5.91 Å². The summed E-state index contributed by atoms with van der Waals surface area (Å²) in [6, 6.07) is 24.4. The zero-order valence-corrected chi connectivity index (χ0v) is 20.7. The molecule has 4 rings (SSSR count). The summed E-state index contributed by atoms with van der Waals surface area (Å²) >= 11 is 6.06. The summed E-state index contributed by atoms with van der Waals surface area (Å²) < 4.78 is 1.76. The number of nitrogens with zero attached hydrogens (tertiary/aromatic N) is 3. The molecule has 0 bridgehead atoms. The van der Waals surface area contributed by atoms with E-state index in [1.807, 2.05) is 75.4 Å². The molecule has 0 aliphatic heterocycles. The van der Waals surface area contributed by atoms with Gasteiger partial charge in [-0.1, -0.05) is 66.2 Å². The van der Waals surface area contributed by atoms with Gasteiger partial charge in [0.25, 0.3) is 5.91 Å². The Morgan fingerprint density at radius 1 is 0.971 bits per heavy atom. The smallest absolute Gasteiger partial charge is 0.254 e. The quantitative estimate of drug-likeness (QED) is 0.353. The van der Waals surface area contributed by atoms with Gasteiger partial charge in [-0.25, -0.2) is 4.68 Å². The fourth-order valence-corrected chi connectivity index (χ4v) is 4.24. The normalized spacial score (nSPS) is 10.7. The fraction of sp³-hybridized carbons (Fsp3) is 0.179. The Hall–Kier alpha value is -3.90. The van der Waals surface area contributed by atoms with Gasteiger partial charge in [-0.15, -0.1) is 0 Å². The Kier molecular flexibility index (Phi) is 7.32. The van der Waals surface area contributed by atoms with Crippen molar-refractivity contribution in [2.45, 2.75) is 20.8 Å². The molecule has 2 amide bonds. The third-order valence-corrected chi connectivity index (χ3v) is 6.03. The number of anilines is 1. The second kappa shape index (κ2) is 10.6. The lowest BCUT2D eigenvalue weighted by atomic mass is 10.1. The van der Waals surface area contributed by atoms with Crippen molar-refractivity contribution in [1.29, 1.82) is 0 Å². The van der Waals surface area contributed by atoms with E-state index in [0.717, 1.165) is 28.1 Å². The first-order chi connectivity index (χ1) is 16.9. The molecule has 4 aromatic rings. The molecular weight excluding hydrogens is 460 g/mol. The van der Waals surface area contributed by atoms with E-state index in [-0.39, 0.29) is 18.4 Å². The van der Waals surface area contributed by atoms with Gasteiger partial charge < -0.3 is 10.2 Å². The molecule has 0 atom stereocenters. The van der Waals surface area contributed by atoms with Crippen molar-refractivity contribution >= 4 is 29.2 Å². The van der Waals surface area contributed by atoms with Crippen LogP contribution in [-0.2, 0) is 4.79 Å². The highest BCUT2D eigenvalue weighted by Crippen LogP contribution is 2.34. The van der Waals surface area contributed by atoms with Crippen molar-refractivity contribution in [2.24, 2.45) is 0 Å². The van der Waals surface area contributed by atoms with E-state index in [4.69, 9.17) is 16.7 Å². The molecule has 1 heterocycles. The number of hydrogen-bond donors (Lipinski definition) is 1. The summed E-state index contributed by atoms with van der Waals surface area (Å²) in [5.74, 6) is 0.00502. The predicted octanol–water partition coefficient (Wildman–Crippen LogP) is 5.91. The average molecular weight is 487 g/mol. The molecule has 0 spiro atoms. The Morgan fingerprint density at radius 3 is 2.37 bits per heavy atom. The Balaban J connectivity index is 1.68. The number of carbonyl (C=O) groups excluding carboxylic acids is 2. The molecule has 0 fully saturated rings. The monoisotopic (exact) mass is 486 g/mol. The SMILES string of the molecule is CCN(CC(=O)Nc1c(-c2ccccc2)c(C)nn1-c1ccccc1C)C(=O)c1cccc(Cl)c1. The molecule has 0 aliphatic rings. The van der Waals surface area contributed by atoms with Gasteiger partial charge in [-0.3, -0.25) is 9.59 Å². The summed E-state index contributed by atoms with van der Waals surface area (Å²) in [6.45, 7) is 6.04. The van der Waals surface area contributed by atoms with Crippen LogP contribution in [0.4, 0.5) is 5.82 Å². The van der Waals surface area contributed by atoms with Crippen LogP contribution in [0.1, 0.15) is 28.5 Å². The van der Waals surface area contributed by atoms with E-state index in [1.54, 1.807) is 28.9 Å². The number of hydrogen-bond acceptors (Lipinski definition) is 3. The van der Waals surface area contributed by atoms with E-state index in [9.17, 15) is 9.59 Å². The van der Waals surface area contributed by atoms with Gasteiger partial charge in [0.05, 0.1) is 11.4 Å². The van der Waals surface area contributed by atoms with Crippen LogP contribution in [0.15, 0.2) is 78.9 Å². The molecule has 7 heteroatoms. The van der Waals surface area contributed by atoms with Crippen LogP contribution in [0.5, 0.6) is 0 Å². The third kappa shape index (κ3) is 5.28. The van der Waals surface area contributed by atoms with Crippen LogP contribution >= 0.6 is 11.6 Å². The molecule has 3 aromatic carbocycles. The first kappa shape index (κ1) is 24.2. The summed E-state index contributed by atoms with van der Waals surface area (Å²) in [4.78, 5) is 27.8. The minimum atomic E-state index is -0.311. The van der Waals surface area contributed by atoms with Crippen LogP contribution in [0, 0.1) is 13.8 Å². The minimum Gasteiger partial charge on any atom is -0.330 e. The van der Waals surface area contributed by atoms with Gasteiger partial charge >= 0.3 is 0 Å². The maximum absolute atomic E-state index is 13.3. The lowest BCUT2D eigenvalue weighted by molar-refractivity contribution is -0.116. The number of aryl methyl sites for hydroxylation is 2. The van der Waals surface area contributed by atoms with Crippen molar-refractivity contribution in [3.05, 3.63) is 101 Å². The largest absolute Gasteiger partial charge is 0.330 e. The molecule has 1 N–H and O–H groups in total. The lowest BCUT2D eigenvalue weighted by Gasteiger charge is -2.21. The van der Waals surface area contributed by atoms with E-state index >= 15 is 0 Å². The van der Waals surface area contributed by atoms with E-state index < -0.39 is 0 Å². The van der Waals surface area contributed by atoms with Gasteiger partial charge in [0.1, 0.15) is 12.4 Å². The second-order valence-corrected chi connectivity index (χ2v) is 8.69. The molecular formula is C28H27ClN4O2. The van der Waals surface area contributed by atoms with E-state index in [0.29, 0.717) is 22.9 Å². The van der Waals surface area contributed by atoms with Crippen molar-refractivity contribution in [1.82, 2.24) is 14.7 Å². The number of para-hydroxylation sites is 1. The number of rotatable bonds is 7. The van der Waals surface area contributed by atoms with Gasteiger partial charge in [0.15, 0.2) is 0 Å². The van der Waals surface area contributed by atoms with Crippen molar-refractivity contribution < 1.29 is 9.59 Å². The van der Waals surface area contributed by atoms with Gasteiger partial charge in [-0.2, -0.15) is 5.10 Å². The van der Waals surface area contributed by atoms with Crippen molar-refractivity contribution in [3.63, 3.8) is 0 Å². The maximum Gasteiger partial charge on any atom is 0.254 e. The van der Waals surface area contributed by atoms with Crippen LogP contribution in [0.25, 0.3) is 16.8 Å². The Labute approximate surface area is 210 Å². The topological polar surface area (TPSA) is 67.2 Å². The lowest BCUT2D eigenvalue weighted by Crippen LogP contribution is -2.38. The summed E-state index contributed by atoms with van der Waals surface area (Å²) in [5.41, 5.74) is 4.91. The maximum atomic E-state index is 13.3. The molecule has 1 aromatic heterocycles. The van der Waals surface area contributed by atoms with Crippen LogP contribution in [0.3, 0.4) is 0 Å². The highest BCUT2D eigenvalue weighted by atomic mass is 35.5. The molecule has 0 unspecified atom stereocenters. The highest BCUT2D eigenvalue weighted by molar-refractivity contribution is 6.31. The number of amides is 2. The molecule has 0 saturated carbocycles. The molecule has 35 heavy (non-hydrogen) atoms. The first-order valence-electron chi connectivity index (χ1n) is 11.4. The van der Waals surface area contributed by atoms with Crippen LogP contribution in [0.2, 0.25) is 5.02 Å². The number of aromatic nitrogens is 2. The standard InChI is InChI=1S/C28H27ClN4O2/c1-4-32(28(35)22-14-10-15-23(29)17-22)18-25(34)30-27-26(21-12-6-5-7-13-21)20(3)31-33(27)24-16-9-8-11-19(24)2/h5-17H,4,18H2,1-3H3,(H,30,34). The molecule has 6 nitrogen and oxygen atoms in total. The molecule has 0 radical (unpaired) electrons. The Morgan fingerprint density at radius 2 is 1.69 bits per heavy atom. The van der Waals surface area contributed by atoms with Gasteiger partial charge in [0, 0.05) is 22.7 Å². The highest BCUT2D eigenvalue weighted by Gasteiger charge is 2.23. The minimum absolute atomic E-state index is 0.103. The molecule has 178 valence electrons. The third-order valence-electron chi connectivity index (χ3n) is 5.80. The predicted molar refractivity (Wildman–Crippen MR) is 140 cm³/mol. The molecule has 0 saturated heterocycles. The Bertz CT molecular complexity index is 1360. The average Bonchev–Trinajstić information content (AvgIpc) is 3.18. The zero-order chi connectivity index (χ0) is 24.9. The number of nitrogens with one attached hydrogen (secondary N) is 1. The summed E-state index contributed by atoms with van der Waals surface area (Å²) in [7, 11) is 0. The number of halogens is 1. The summed E-state index contributed by atoms with van der Waals surface area (Å²) in [5, 5.41) is 8.29. The number of likely N-dealkylation sites (N-methyl/N-ethyl adjacent to an activating group) is 1. The van der Waals surface area contributed by atoms with Crippen molar-refractivity contribution in [3.8, 4) is 16.8 Å². The second-order valence-electron chi connectivity index (χ2n) is 8.25. The van der Waals surface area contributed by atoms with Gasteiger partial charge in [-0.05, 0) is 56.2 Å². The fourth-order valence-electron chi connectivity index (χ4n) is 4.04. The van der Waals surface area contributed by atoms with E-state index in [1.165, 1.54) is 4.90 Å². The van der Waals surface area contributed by atoms with E-state index in [2.05, 4.69) is 5.32 Å². The number of carbonyl (C=O) groups is 2. The number of benzene rings is 3. The zero-order valence-electron chi connectivity index (χ0n) is 20.0. The molecule has 0 aliphatic carbocycles. The summed E-state index contributed by atoms with van der Waals surface area (Å²) in [6.07, 6.45) is 0. The van der Waals surface area contributed by atoms with Crippen LogP contribution < -0.4 is 5.32 Å².